The first-order chi connectivity index (χ1) is 38.7. The van der Waals surface area contributed by atoms with E-state index >= 15 is 0 Å². The summed E-state index contributed by atoms with van der Waals surface area (Å²) in [6, 6.07) is -14.2. The molecule has 1 saturated heterocycles. The van der Waals surface area contributed by atoms with Crippen molar-refractivity contribution >= 4 is 65.0 Å². The van der Waals surface area contributed by atoms with Crippen LogP contribution in [0.5, 0.6) is 0 Å². The number of hydrogen-bond acceptors (Lipinski definition) is 16. The molecule has 0 radical (unpaired) electrons. The highest BCUT2D eigenvalue weighted by atomic mass is 16.3. The van der Waals surface area contributed by atoms with Crippen molar-refractivity contribution in [2.75, 3.05) is 39.3 Å². The molecule has 29 heteroatoms. The van der Waals surface area contributed by atoms with Gasteiger partial charge >= 0.3 is 0 Å². The molecule has 29 nitrogen and oxygen atoms in total. The number of carbonyl (C=O) groups is 11. The van der Waals surface area contributed by atoms with Gasteiger partial charge in [-0.2, -0.15) is 0 Å². The molecule has 0 bridgehead atoms. The summed E-state index contributed by atoms with van der Waals surface area (Å²) in [4.78, 5) is 153. The van der Waals surface area contributed by atoms with Crippen LogP contribution in [0.2, 0.25) is 0 Å². The Balaban J connectivity index is 3.81. The first-order valence-electron chi connectivity index (χ1n) is 29.0. The van der Waals surface area contributed by atoms with Gasteiger partial charge in [0.2, 0.25) is 65.0 Å². The number of unbranched alkanes of at least 4 members (excludes halogenated alkanes) is 1. The van der Waals surface area contributed by atoms with Crippen LogP contribution >= 0.6 is 0 Å². The van der Waals surface area contributed by atoms with Crippen molar-refractivity contribution in [1.82, 2.24) is 58.5 Å². The molecule has 11 amide bonds. The van der Waals surface area contributed by atoms with E-state index in [1.165, 1.54) is 13.8 Å². The Bertz CT molecular complexity index is 2070. The van der Waals surface area contributed by atoms with Gasteiger partial charge in [0.15, 0.2) is 0 Å². The Kier molecular flexibility index (Phi) is 35.5. The van der Waals surface area contributed by atoms with Gasteiger partial charge in [0.25, 0.3) is 0 Å². The number of amides is 11. The molecular formula is C53H102N16O13+2. The van der Waals surface area contributed by atoms with Crippen LogP contribution in [0.15, 0.2) is 0 Å². The molecule has 82 heavy (non-hydrogen) atoms. The Morgan fingerprint density at radius 1 is 0.561 bits per heavy atom. The fourth-order valence-electron chi connectivity index (χ4n) is 8.84. The lowest BCUT2D eigenvalue weighted by molar-refractivity contribution is -0.369. The summed E-state index contributed by atoms with van der Waals surface area (Å²) >= 11 is 0. The topological polar surface area (TPSA) is 494 Å². The fourth-order valence-corrected chi connectivity index (χ4v) is 8.84. The summed E-state index contributed by atoms with van der Waals surface area (Å²) in [6.07, 6.45) is -0.338. The van der Waals surface area contributed by atoms with Crippen LogP contribution in [0, 0.1) is 17.8 Å². The first kappa shape index (κ1) is 73.9. The smallest absolute Gasteiger partial charge is 0.245 e. The Morgan fingerprint density at radius 3 is 1.43 bits per heavy atom. The van der Waals surface area contributed by atoms with Crippen molar-refractivity contribution in [2.45, 2.75) is 211 Å². The zero-order valence-corrected chi connectivity index (χ0v) is 49.6. The van der Waals surface area contributed by atoms with Crippen molar-refractivity contribution < 1.29 is 74.4 Å². The molecule has 1 aliphatic rings. The van der Waals surface area contributed by atoms with Gasteiger partial charge in [-0.05, 0) is 96.2 Å². The zero-order chi connectivity index (χ0) is 62.2. The van der Waals surface area contributed by atoms with Crippen LogP contribution < -0.4 is 87.2 Å². The molecule has 25 N–H and O–H groups in total. The maximum atomic E-state index is 14.4. The van der Waals surface area contributed by atoms with Crippen LogP contribution in [0.25, 0.3) is 0 Å². The van der Waals surface area contributed by atoms with E-state index in [1.54, 1.807) is 27.7 Å². The monoisotopic (exact) mass is 1170 g/mol. The van der Waals surface area contributed by atoms with E-state index in [-0.39, 0.29) is 102 Å². The van der Waals surface area contributed by atoms with E-state index in [4.69, 9.17) is 17.2 Å². The molecule has 0 spiro atoms. The van der Waals surface area contributed by atoms with Gasteiger partial charge < -0.3 is 97.4 Å². The normalized spacial score (nSPS) is 23.4. The van der Waals surface area contributed by atoms with Crippen molar-refractivity contribution in [1.29, 1.82) is 0 Å². The minimum absolute atomic E-state index is 0.0370. The van der Waals surface area contributed by atoms with E-state index in [2.05, 4.69) is 83.8 Å². The van der Waals surface area contributed by atoms with E-state index < -0.39 is 145 Å². The summed E-state index contributed by atoms with van der Waals surface area (Å²) in [5, 5.41) is 49.8. The van der Waals surface area contributed by atoms with Crippen molar-refractivity contribution in [3.8, 4) is 0 Å². The Labute approximate surface area is 482 Å². The number of carbonyl (C=O) groups excluding carboxylic acids is 11. The second-order valence-corrected chi connectivity index (χ2v) is 22.1. The lowest BCUT2D eigenvalue weighted by Gasteiger charge is -2.29. The highest BCUT2D eigenvalue weighted by Crippen LogP contribution is 2.14. The second-order valence-electron chi connectivity index (χ2n) is 22.1. The third-order valence-corrected chi connectivity index (χ3v) is 13.8. The van der Waals surface area contributed by atoms with Gasteiger partial charge in [0, 0.05) is 25.8 Å². The number of aliphatic hydroxyl groups is 2. The number of nitrogens with two attached hydrogens (primary N) is 3. The number of quaternary nitrogens is 2. The summed E-state index contributed by atoms with van der Waals surface area (Å²) in [7, 11) is 0. The van der Waals surface area contributed by atoms with Gasteiger partial charge in [-0.25, -0.2) is 0 Å². The van der Waals surface area contributed by atoms with Gasteiger partial charge in [-0.1, -0.05) is 60.8 Å². The van der Waals surface area contributed by atoms with Gasteiger partial charge in [0.05, 0.1) is 25.3 Å². The van der Waals surface area contributed by atoms with Gasteiger partial charge in [0.1, 0.15) is 60.4 Å². The van der Waals surface area contributed by atoms with Crippen LogP contribution in [-0.4, -0.2) is 187 Å². The predicted octanol–water partition coefficient (Wildman–Crippen LogP) is -6.87. The summed E-state index contributed by atoms with van der Waals surface area (Å²) in [6.45, 7) is 13.3. The van der Waals surface area contributed by atoms with Crippen LogP contribution in [-0.2, 0) is 52.7 Å². The molecule has 0 saturated carbocycles. The number of hydrogen-bond donors (Lipinski definition) is 18. The average Bonchev–Trinajstić information content (AvgIpc) is 3.41. The Morgan fingerprint density at radius 2 is 1.00 bits per heavy atom. The molecule has 2 unspecified atom stereocenters. The molecule has 0 aromatic carbocycles. The maximum absolute atomic E-state index is 14.4. The average molecular weight is 1170 g/mol. The first-order valence-corrected chi connectivity index (χ1v) is 29.0. The highest BCUT2D eigenvalue weighted by molar-refractivity contribution is 5.99. The third-order valence-electron chi connectivity index (χ3n) is 13.8. The molecule has 0 aromatic rings. The van der Waals surface area contributed by atoms with E-state index in [0.29, 0.717) is 12.3 Å². The molecule has 13 atom stereocenters. The zero-order valence-electron chi connectivity index (χ0n) is 49.6. The van der Waals surface area contributed by atoms with Crippen LogP contribution in [0.3, 0.4) is 0 Å². The van der Waals surface area contributed by atoms with Crippen molar-refractivity contribution in [3.63, 3.8) is 0 Å². The molecule has 0 aromatic heterocycles. The molecular weight excluding hydrogens is 1070 g/mol. The highest BCUT2D eigenvalue weighted by Gasteiger charge is 2.38. The lowest BCUT2D eigenvalue weighted by atomic mass is 9.99. The SMILES string of the molecule is CCC(C)CCCCC(=O)N[C@@H](CC[NH3+])C(=O)N[C@H](C(=O)N[C@@H](CC[NH3+])C(=O)N[C@H]1CCNC(=O)C([C@@H](C)O)NC(=O)[C@@H](CCN)NC(=O)[C@H](CCN)NC(=O)[C@H](CC(C)C)NC(=O)[C@@H](CC(C)C)NC(=O)[C@H](CCN)NC1=O)[C@@H](C)O. The van der Waals surface area contributed by atoms with E-state index in [9.17, 15) is 63.0 Å². The lowest BCUT2D eigenvalue weighted by Crippen LogP contribution is -2.63. The molecule has 1 aliphatic heterocycles. The number of rotatable bonds is 29. The third kappa shape index (κ3) is 27.3. The van der Waals surface area contributed by atoms with Crippen LogP contribution in [0.4, 0.5) is 0 Å². The summed E-state index contributed by atoms with van der Waals surface area (Å²) in [5.41, 5.74) is 25.2. The van der Waals surface area contributed by atoms with Gasteiger partial charge in [-0.3, -0.25) is 52.7 Å². The Hall–Kier alpha value is -6.11. The minimum atomic E-state index is -1.67. The number of aliphatic hydroxyl groups excluding tert-OH is 2. The molecule has 1 fully saturated rings. The minimum Gasteiger partial charge on any atom is -0.391 e. The predicted molar refractivity (Wildman–Crippen MR) is 303 cm³/mol. The quantitative estimate of drug-likeness (QED) is 0.0310. The number of nitrogens with one attached hydrogen (secondary N) is 11. The maximum Gasteiger partial charge on any atom is 0.245 e. The van der Waals surface area contributed by atoms with E-state index in [1.807, 2.05) is 0 Å². The standard InChI is InChI=1S/C53H100N16O13/c1-9-30(6)12-10-11-13-41(72)60-33(14-20-54)48(77)69-43(32(8)71)53(82)65-36(17-23-57)45(74)64-38-19-25-59-52(81)42(31(7)70)68-49(78)37(18-24-58)62-44(73)34(15-21-55)63-50(79)39(26-28(2)3)67-51(80)40(27-29(4)5)66-46(75)35(16-22-56)61-47(38)76/h28-40,42-43,70-71H,9-27,54-58H2,1-8H3,(H,59,81)(H,60,72)(H,61,76)(H,62,73)(H,63,79)(H,64,74)(H,65,82)(H,66,75)(H,67,80)(H,68,78)(H,69,77)/p+2/t30?,31-,32-,33+,34+,35+,36+,37-,38+,39+,40-,42?,43+/m1/s1. The molecule has 1 rings (SSSR count). The molecule has 470 valence electrons. The fraction of sp³-hybridized carbons (Fsp3) is 0.792. The van der Waals surface area contributed by atoms with Crippen LogP contribution in [0.1, 0.15) is 139 Å². The van der Waals surface area contributed by atoms with Crippen molar-refractivity contribution in [2.24, 2.45) is 35.0 Å². The van der Waals surface area contributed by atoms with Crippen molar-refractivity contribution in [3.05, 3.63) is 0 Å². The summed E-state index contributed by atoms with van der Waals surface area (Å²) in [5.74, 6) is -9.22. The molecule has 0 aliphatic carbocycles. The van der Waals surface area contributed by atoms with E-state index in [0.717, 1.165) is 19.3 Å². The largest absolute Gasteiger partial charge is 0.391 e. The second kappa shape index (κ2) is 39.4. The summed E-state index contributed by atoms with van der Waals surface area (Å²) < 4.78 is 0. The molecule has 1 heterocycles. The van der Waals surface area contributed by atoms with Gasteiger partial charge in [-0.15, -0.1) is 0 Å².